The monoisotopic (exact) mass is 610 g/mol. The maximum atomic E-state index is 14.8. The second-order valence-electron chi connectivity index (χ2n) is 13.3. The molecule has 0 aromatic heterocycles. The Kier molecular flexibility index (Phi) is 9.26. The van der Waals surface area contributed by atoms with Crippen LogP contribution in [0.4, 0.5) is 0 Å². The molecule has 0 spiro atoms. The molecule has 4 unspecified atom stereocenters. The molecule has 8 nitrogen and oxygen atoms in total. The Morgan fingerprint density at radius 2 is 1.64 bits per heavy atom. The van der Waals surface area contributed by atoms with E-state index in [1.54, 1.807) is 12.0 Å². The van der Waals surface area contributed by atoms with E-state index in [9.17, 15) is 14.7 Å². The van der Waals surface area contributed by atoms with Crippen molar-refractivity contribution in [3.63, 3.8) is 0 Å². The minimum absolute atomic E-state index is 0.0352. The molecule has 7 rings (SSSR count). The van der Waals surface area contributed by atoms with Crippen molar-refractivity contribution in [3.05, 3.63) is 101 Å². The van der Waals surface area contributed by atoms with Gasteiger partial charge >= 0.3 is 0 Å². The quantitative estimate of drug-likeness (QED) is 0.322. The van der Waals surface area contributed by atoms with E-state index in [0.717, 1.165) is 42.0 Å². The van der Waals surface area contributed by atoms with Crippen molar-refractivity contribution in [2.75, 3.05) is 26.7 Å². The number of piperidine rings is 3. The second-order valence-corrected chi connectivity index (χ2v) is 13.3. The fourth-order valence-corrected chi connectivity index (χ4v) is 8.10. The third kappa shape index (κ3) is 6.24. The first-order valence-electron chi connectivity index (χ1n) is 16.3. The fraction of sp³-hybridized carbons (Fsp3) is 0.459. The van der Waals surface area contributed by atoms with Gasteiger partial charge in [0.05, 0.1) is 19.1 Å². The molecule has 0 saturated carbocycles. The summed E-state index contributed by atoms with van der Waals surface area (Å²) < 4.78 is 5.72. The van der Waals surface area contributed by atoms with Crippen LogP contribution in [0.5, 0.6) is 5.75 Å². The topological polar surface area (TPSA) is 108 Å². The molecule has 3 aromatic rings. The van der Waals surface area contributed by atoms with E-state index in [4.69, 9.17) is 10.5 Å². The van der Waals surface area contributed by atoms with Crippen LogP contribution in [0.1, 0.15) is 60.8 Å². The van der Waals surface area contributed by atoms with Crippen LogP contribution in [0.25, 0.3) is 0 Å². The molecule has 45 heavy (non-hydrogen) atoms. The highest BCUT2D eigenvalue weighted by Gasteiger charge is 2.55. The van der Waals surface area contributed by atoms with Crippen LogP contribution in [0.15, 0.2) is 78.9 Å². The number of nitrogens with two attached hydrogens (primary N) is 1. The van der Waals surface area contributed by atoms with Gasteiger partial charge in [-0.2, -0.15) is 0 Å². The molecule has 7 atom stereocenters. The van der Waals surface area contributed by atoms with Crippen LogP contribution >= 0.6 is 0 Å². The smallest absolute Gasteiger partial charge is 0.240 e. The van der Waals surface area contributed by atoms with Crippen LogP contribution in [0.3, 0.4) is 0 Å². The van der Waals surface area contributed by atoms with Crippen molar-refractivity contribution in [1.82, 2.24) is 15.1 Å². The number of β-amino-alcohol motifs (C(OH)–C–C–N with tert-alkyl or cyclic N) is 1. The van der Waals surface area contributed by atoms with Gasteiger partial charge in [0.1, 0.15) is 11.8 Å². The van der Waals surface area contributed by atoms with Crippen LogP contribution in [0, 0.1) is 11.8 Å². The van der Waals surface area contributed by atoms with E-state index >= 15 is 0 Å². The highest BCUT2D eigenvalue weighted by Crippen LogP contribution is 2.47. The van der Waals surface area contributed by atoms with Gasteiger partial charge < -0.3 is 25.8 Å². The van der Waals surface area contributed by atoms with E-state index in [1.165, 1.54) is 5.56 Å². The Bertz CT molecular complexity index is 1440. The lowest BCUT2D eigenvalue weighted by molar-refractivity contribution is -0.152. The van der Waals surface area contributed by atoms with E-state index < -0.39 is 24.0 Å². The van der Waals surface area contributed by atoms with Crippen LogP contribution in [-0.2, 0) is 16.1 Å². The number of carbonyl (C=O) groups is 2. The molecule has 4 aliphatic heterocycles. The first kappa shape index (κ1) is 31.3. The SMILES string of the molecule is COc1ccc(C(C)C)cc1CN[C@@H]1CN2CC[C@H]1[C@@H](C(=O)N1CC(O)CC1C(N)=O)C2C(c1ccccc1)c1ccccc1. The zero-order valence-electron chi connectivity index (χ0n) is 26.5. The van der Waals surface area contributed by atoms with Crippen molar-refractivity contribution in [2.24, 2.45) is 17.6 Å². The molecule has 2 amide bonds. The number of nitrogens with one attached hydrogen (secondary N) is 1. The summed E-state index contributed by atoms with van der Waals surface area (Å²) in [6.45, 7) is 6.82. The van der Waals surface area contributed by atoms with Gasteiger partial charge in [0, 0.05) is 49.6 Å². The lowest BCUT2D eigenvalue weighted by atomic mass is 9.64. The predicted octanol–water partition coefficient (Wildman–Crippen LogP) is 3.88. The van der Waals surface area contributed by atoms with Crippen LogP contribution in [0.2, 0.25) is 0 Å². The Morgan fingerprint density at radius 3 is 2.24 bits per heavy atom. The minimum atomic E-state index is -0.801. The molecule has 238 valence electrons. The number of aliphatic hydroxyl groups excluding tert-OH is 1. The number of methoxy groups -OCH3 is 1. The van der Waals surface area contributed by atoms with E-state index in [0.29, 0.717) is 12.5 Å². The number of likely N-dealkylation sites (tertiary alicyclic amines) is 1. The summed E-state index contributed by atoms with van der Waals surface area (Å²) in [6.07, 6.45) is 0.280. The maximum absolute atomic E-state index is 14.8. The first-order chi connectivity index (χ1) is 21.8. The van der Waals surface area contributed by atoms with Gasteiger partial charge in [0.15, 0.2) is 0 Å². The molecular weight excluding hydrogens is 564 g/mol. The van der Waals surface area contributed by atoms with Crippen molar-refractivity contribution < 1.29 is 19.4 Å². The fourth-order valence-electron chi connectivity index (χ4n) is 8.10. The number of hydrogen-bond acceptors (Lipinski definition) is 6. The number of aliphatic hydroxyl groups is 1. The second kappa shape index (κ2) is 13.3. The molecule has 0 radical (unpaired) electrons. The molecule has 0 aliphatic carbocycles. The molecule has 2 bridgehead atoms. The van der Waals surface area contributed by atoms with Gasteiger partial charge in [-0.15, -0.1) is 0 Å². The third-order valence-corrected chi connectivity index (χ3v) is 10.3. The van der Waals surface area contributed by atoms with Crippen molar-refractivity contribution in [1.29, 1.82) is 0 Å². The summed E-state index contributed by atoms with van der Waals surface area (Å²) in [5.74, 6) is 0.190. The van der Waals surface area contributed by atoms with Crippen molar-refractivity contribution in [3.8, 4) is 5.75 Å². The summed E-state index contributed by atoms with van der Waals surface area (Å²) in [6, 6.07) is 26.4. The number of nitrogens with zero attached hydrogens (tertiary/aromatic N) is 2. The number of amides is 2. The average Bonchev–Trinajstić information content (AvgIpc) is 3.46. The molecule has 4 saturated heterocycles. The zero-order chi connectivity index (χ0) is 31.7. The Morgan fingerprint density at radius 1 is 0.978 bits per heavy atom. The van der Waals surface area contributed by atoms with E-state index in [2.05, 4.69) is 84.7 Å². The normalized spacial score (nSPS) is 27.7. The highest BCUT2D eigenvalue weighted by atomic mass is 16.5. The molecule has 4 aliphatic rings. The zero-order valence-corrected chi connectivity index (χ0v) is 26.5. The number of rotatable bonds is 10. The van der Waals surface area contributed by atoms with Gasteiger partial charge in [-0.25, -0.2) is 0 Å². The molecule has 4 fully saturated rings. The lowest BCUT2D eigenvalue weighted by Gasteiger charge is -2.57. The number of ether oxygens (including phenoxy) is 1. The highest BCUT2D eigenvalue weighted by molar-refractivity contribution is 5.89. The van der Waals surface area contributed by atoms with Gasteiger partial charge in [-0.1, -0.05) is 86.6 Å². The van der Waals surface area contributed by atoms with Gasteiger partial charge in [-0.05, 0) is 47.6 Å². The summed E-state index contributed by atoms with van der Waals surface area (Å²) in [7, 11) is 1.70. The molecule has 4 heterocycles. The van der Waals surface area contributed by atoms with Gasteiger partial charge in [0.25, 0.3) is 0 Å². The summed E-state index contributed by atoms with van der Waals surface area (Å²) in [5, 5.41) is 14.4. The van der Waals surface area contributed by atoms with Crippen LogP contribution in [-0.4, -0.2) is 77.7 Å². The largest absolute Gasteiger partial charge is 0.496 e. The van der Waals surface area contributed by atoms with Gasteiger partial charge in [-0.3, -0.25) is 14.5 Å². The molecular formula is C37H46N4O4. The number of hydrogen-bond donors (Lipinski definition) is 3. The number of benzene rings is 3. The third-order valence-electron chi connectivity index (χ3n) is 10.3. The Labute approximate surface area is 266 Å². The maximum Gasteiger partial charge on any atom is 0.240 e. The van der Waals surface area contributed by atoms with Crippen molar-refractivity contribution >= 4 is 11.8 Å². The molecule has 4 N–H and O–H groups in total. The van der Waals surface area contributed by atoms with Crippen LogP contribution < -0.4 is 15.8 Å². The number of fused-ring (bicyclic) bond motifs is 3. The summed E-state index contributed by atoms with van der Waals surface area (Å²) in [5.41, 5.74) is 10.5. The number of primary amides is 1. The predicted molar refractivity (Wildman–Crippen MR) is 175 cm³/mol. The summed E-state index contributed by atoms with van der Waals surface area (Å²) >= 11 is 0. The lowest BCUT2D eigenvalue weighted by Crippen LogP contribution is -2.69. The number of carbonyl (C=O) groups excluding carboxylic acids is 2. The summed E-state index contributed by atoms with van der Waals surface area (Å²) in [4.78, 5) is 31.4. The van der Waals surface area contributed by atoms with Gasteiger partial charge in [0.2, 0.25) is 11.8 Å². The Balaban J connectivity index is 1.38. The molecule has 3 aromatic carbocycles. The first-order valence-corrected chi connectivity index (χ1v) is 16.3. The minimum Gasteiger partial charge on any atom is -0.496 e. The van der Waals surface area contributed by atoms with E-state index in [1.807, 2.05) is 18.2 Å². The Hall–Kier alpha value is -3.72. The van der Waals surface area contributed by atoms with Crippen molar-refractivity contribution in [2.45, 2.75) is 69.3 Å². The van der Waals surface area contributed by atoms with E-state index in [-0.39, 0.29) is 42.8 Å². The average molecular weight is 611 g/mol. The molecule has 8 heteroatoms. The standard InChI is InChI=1S/C37H46N4O4/c1-23(2)26-14-15-32(45-3)27(18-26)20-39-30-22-40-17-16-29(30)34(37(44)41-21-28(42)19-31(41)36(38)43)35(40)33(24-10-6-4-7-11-24)25-12-8-5-9-13-25/h4-15,18,23,28-31,33-35,39,42H,16-17,19-22H2,1-3H3,(H2,38,43)/t28?,29-,30-,31?,34-,35?/m1/s1.